The molecule has 0 unspecified atom stereocenters. The van der Waals surface area contributed by atoms with Crippen LogP contribution >= 0.6 is 0 Å². The van der Waals surface area contributed by atoms with Crippen LogP contribution in [0.1, 0.15) is 53.6 Å². The van der Waals surface area contributed by atoms with Crippen molar-refractivity contribution in [3.63, 3.8) is 0 Å². The number of aryl methyl sites for hydroxylation is 1. The number of nitrogens with two attached hydrogens (primary N) is 1. The molecule has 2 aliphatic heterocycles. The van der Waals surface area contributed by atoms with Gasteiger partial charge >= 0.3 is 5.97 Å². The van der Waals surface area contributed by atoms with Gasteiger partial charge in [0.25, 0.3) is 5.56 Å². The molecule has 0 fully saturated rings. The van der Waals surface area contributed by atoms with Crippen LogP contribution in [0.2, 0.25) is 0 Å². The van der Waals surface area contributed by atoms with Crippen LogP contribution in [0.3, 0.4) is 0 Å². The zero-order chi connectivity index (χ0) is 21.7. The molecule has 0 saturated heterocycles. The zero-order valence-electron chi connectivity index (χ0n) is 16.9. The van der Waals surface area contributed by atoms with Crippen LogP contribution < -0.4 is 11.3 Å². The summed E-state index contributed by atoms with van der Waals surface area (Å²) in [6.07, 6.45) is 1.43. The Morgan fingerprint density at radius 2 is 2.13 bits per heavy atom. The minimum Gasteiger partial charge on any atom is -0.458 e. The highest BCUT2D eigenvalue weighted by Gasteiger charge is 2.45. The van der Waals surface area contributed by atoms with Gasteiger partial charge in [0.2, 0.25) is 0 Å². The molecule has 0 bridgehead atoms. The maximum absolute atomic E-state index is 14.3. The number of carbonyl (C=O) groups excluding carboxylic acids is 1. The monoisotopic (exact) mass is 421 g/mol. The van der Waals surface area contributed by atoms with Crippen LogP contribution in [0.15, 0.2) is 23.0 Å². The van der Waals surface area contributed by atoms with Crippen molar-refractivity contribution in [3.05, 3.63) is 62.2 Å². The van der Waals surface area contributed by atoms with Crippen molar-refractivity contribution in [3.8, 4) is 11.4 Å². The van der Waals surface area contributed by atoms with E-state index in [0.29, 0.717) is 29.7 Å². The van der Waals surface area contributed by atoms with Gasteiger partial charge in [-0.05, 0) is 42.5 Å². The van der Waals surface area contributed by atoms with Crippen molar-refractivity contribution in [1.29, 1.82) is 0 Å². The number of benzene rings is 1. The fraction of sp³-hybridized carbons (Fsp3) is 0.348. The standard InChI is InChI=1S/C23H20FN3O4/c1-2-23(30)14-7-17-20-12(8-27(17)21(28)13(14)9-31-22(23)29)19-15(25)4-3-10-5-11(24)6-16(26-20)18(10)19/h5-7,15,30H,2-4,8-9,25H2,1H3/t15-,23-/m0/s1. The van der Waals surface area contributed by atoms with Crippen LogP contribution in [-0.4, -0.2) is 20.6 Å². The van der Waals surface area contributed by atoms with Crippen molar-refractivity contribution < 1.29 is 19.0 Å². The van der Waals surface area contributed by atoms with E-state index < -0.39 is 11.6 Å². The second kappa shape index (κ2) is 5.99. The van der Waals surface area contributed by atoms with Gasteiger partial charge in [0.05, 0.1) is 29.0 Å². The third-order valence-corrected chi connectivity index (χ3v) is 6.97. The summed E-state index contributed by atoms with van der Waals surface area (Å²) in [5, 5.41) is 11.9. The number of carbonyl (C=O) groups is 1. The van der Waals surface area contributed by atoms with E-state index in [1.807, 2.05) is 0 Å². The Balaban J connectivity index is 1.69. The Labute approximate surface area is 176 Å². The van der Waals surface area contributed by atoms with Crippen LogP contribution in [-0.2, 0) is 34.7 Å². The van der Waals surface area contributed by atoms with E-state index in [1.54, 1.807) is 17.6 Å². The lowest BCUT2D eigenvalue weighted by atomic mass is 9.83. The van der Waals surface area contributed by atoms with Gasteiger partial charge in [0.15, 0.2) is 5.60 Å². The summed E-state index contributed by atoms with van der Waals surface area (Å²) in [4.78, 5) is 30.4. The molecule has 1 aromatic carbocycles. The Morgan fingerprint density at radius 3 is 2.90 bits per heavy atom. The molecule has 8 heteroatoms. The normalized spacial score (nSPS) is 23.4. The van der Waals surface area contributed by atoms with Crippen LogP contribution in [0, 0.1) is 5.82 Å². The first-order valence-electron chi connectivity index (χ1n) is 10.4. The number of pyridine rings is 2. The summed E-state index contributed by atoms with van der Waals surface area (Å²) in [5.41, 5.74) is 8.99. The van der Waals surface area contributed by atoms with E-state index in [2.05, 4.69) is 0 Å². The topological polar surface area (TPSA) is 107 Å². The summed E-state index contributed by atoms with van der Waals surface area (Å²) >= 11 is 0. The number of aromatic nitrogens is 2. The Kier molecular flexibility index (Phi) is 3.60. The van der Waals surface area contributed by atoms with Gasteiger partial charge in [-0.1, -0.05) is 6.92 Å². The first-order valence-corrected chi connectivity index (χ1v) is 10.4. The number of ether oxygens (including phenoxy) is 1. The van der Waals surface area contributed by atoms with Gasteiger partial charge in [-0.3, -0.25) is 4.79 Å². The number of fused-ring (bicyclic) bond motifs is 5. The van der Waals surface area contributed by atoms with Crippen molar-refractivity contribution in [1.82, 2.24) is 9.55 Å². The van der Waals surface area contributed by atoms with Crippen molar-refractivity contribution in [2.45, 2.75) is 51.0 Å². The van der Waals surface area contributed by atoms with E-state index in [9.17, 15) is 19.1 Å². The quantitative estimate of drug-likeness (QED) is 0.456. The molecule has 0 spiro atoms. The third-order valence-electron chi connectivity index (χ3n) is 6.97. The van der Waals surface area contributed by atoms with Crippen molar-refractivity contribution >= 4 is 16.9 Å². The molecule has 2 atom stereocenters. The molecule has 0 amide bonds. The second-order valence-electron chi connectivity index (χ2n) is 8.56. The van der Waals surface area contributed by atoms with Crippen molar-refractivity contribution in [2.24, 2.45) is 5.73 Å². The predicted molar refractivity (Wildman–Crippen MR) is 110 cm³/mol. The molecular formula is C23H20FN3O4. The number of nitrogens with zero attached hydrogens (tertiary/aromatic N) is 2. The predicted octanol–water partition coefficient (Wildman–Crippen LogP) is 2.16. The zero-order valence-corrected chi connectivity index (χ0v) is 16.9. The summed E-state index contributed by atoms with van der Waals surface area (Å²) in [6.45, 7) is 1.77. The van der Waals surface area contributed by atoms with Crippen LogP contribution in [0.5, 0.6) is 0 Å². The smallest absolute Gasteiger partial charge is 0.343 e. The molecule has 6 rings (SSSR count). The van der Waals surface area contributed by atoms with Gasteiger partial charge < -0.3 is 20.1 Å². The molecule has 7 nitrogen and oxygen atoms in total. The SMILES string of the molecule is CC[C@@]1(O)C(=O)OCc2c1cc1n(c2=O)Cc2c-1nc1cc(F)cc3c1c2[C@@H](N)CC3. The summed E-state index contributed by atoms with van der Waals surface area (Å²) < 4.78 is 20.9. The first-order chi connectivity index (χ1) is 14.8. The maximum atomic E-state index is 14.3. The first kappa shape index (κ1) is 18.7. The third kappa shape index (κ3) is 2.26. The van der Waals surface area contributed by atoms with E-state index in [-0.39, 0.29) is 48.1 Å². The molecule has 3 N–H and O–H groups in total. The minimum absolute atomic E-state index is 0.0738. The summed E-state index contributed by atoms with van der Waals surface area (Å²) in [6, 6.07) is 4.34. The molecule has 158 valence electrons. The molecule has 3 aromatic rings. The highest BCUT2D eigenvalue weighted by molar-refractivity contribution is 5.92. The lowest BCUT2D eigenvalue weighted by Gasteiger charge is -2.31. The molecule has 3 aliphatic rings. The molecule has 0 saturated carbocycles. The average Bonchev–Trinajstić information content (AvgIpc) is 3.11. The lowest BCUT2D eigenvalue weighted by Crippen LogP contribution is -2.44. The molecule has 2 aromatic heterocycles. The highest BCUT2D eigenvalue weighted by atomic mass is 19.1. The van der Waals surface area contributed by atoms with Gasteiger partial charge in [0.1, 0.15) is 12.4 Å². The number of cyclic esters (lactones) is 1. The van der Waals surface area contributed by atoms with Crippen LogP contribution in [0.25, 0.3) is 22.3 Å². The number of halogens is 1. The Bertz CT molecular complexity index is 1400. The minimum atomic E-state index is -1.88. The van der Waals surface area contributed by atoms with Gasteiger partial charge in [-0.2, -0.15) is 0 Å². The average molecular weight is 421 g/mol. The number of hydrogen-bond donors (Lipinski definition) is 2. The Morgan fingerprint density at radius 1 is 1.32 bits per heavy atom. The Hall–Kier alpha value is -3.10. The van der Waals surface area contributed by atoms with E-state index in [4.69, 9.17) is 15.5 Å². The van der Waals surface area contributed by atoms with E-state index in [1.165, 1.54) is 12.1 Å². The number of esters is 1. The fourth-order valence-corrected chi connectivity index (χ4v) is 5.36. The highest BCUT2D eigenvalue weighted by Crippen LogP contribution is 2.44. The summed E-state index contributed by atoms with van der Waals surface area (Å²) in [7, 11) is 0. The number of hydrogen-bond acceptors (Lipinski definition) is 6. The van der Waals surface area contributed by atoms with Crippen molar-refractivity contribution in [2.75, 3.05) is 0 Å². The summed E-state index contributed by atoms with van der Waals surface area (Å²) in [5.74, 6) is -1.12. The fourth-order valence-electron chi connectivity index (χ4n) is 5.36. The number of aliphatic hydroxyl groups is 1. The number of rotatable bonds is 1. The molecule has 1 aliphatic carbocycles. The van der Waals surface area contributed by atoms with Gasteiger partial charge in [0, 0.05) is 28.6 Å². The van der Waals surface area contributed by atoms with Gasteiger partial charge in [-0.15, -0.1) is 0 Å². The molecule has 31 heavy (non-hydrogen) atoms. The van der Waals surface area contributed by atoms with E-state index in [0.717, 1.165) is 22.1 Å². The van der Waals surface area contributed by atoms with Gasteiger partial charge in [-0.25, -0.2) is 14.2 Å². The van der Waals surface area contributed by atoms with Crippen LogP contribution in [0.4, 0.5) is 4.39 Å². The maximum Gasteiger partial charge on any atom is 0.343 e. The largest absolute Gasteiger partial charge is 0.458 e. The molecule has 0 radical (unpaired) electrons. The second-order valence-corrected chi connectivity index (χ2v) is 8.56. The van der Waals surface area contributed by atoms with E-state index >= 15 is 0 Å². The lowest BCUT2D eigenvalue weighted by molar-refractivity contribution is -0.172. The molecule has 4 heterocycles. The molecular weight excluding hydrogens is 401 g/mol.